The van der Waals surface area contributed by atoms with Gasteiger partial charge in [-0.15, -0.1) is 11.8 Å². The topological polar surface area (TPSA) is 183 Å². The van der Waals surface area contributed by atoms with Crippen LogP contribution in [0.2, 0.25) is 4.34 Å². The van der Waals surface area contributed by atoms with Crippen molar-refractivity contribution in [3.63, 3.8) is 0 Å². The number of oxime groups is 1. The third-order valence-electron chi connectivity index (χ3n) is 5.64. The number of esters is 1. The quantitative estimate of drug-likeness (QED) is 0.0838. The highest BCUT2D eigenvalue weighted by Crippen LogP contribution is 2.40. The molecule has 1 fully saturated rings. The van der Waals surface area contributed by atoms with Gasteiger partial charge in [0, 0.05) is 23.5 Å². The molecule has 0 saturated carbocycles. The molecule has 2 aliphatic heterocycles. The zero-order valence-corrected chi connectivity index (χ0v) is 24.9. The molecule has 1 unspecified atom stereocenters. The number of anilines is 1. The van der Waals surface area contributed by atoms with Crippen molar-refractivity contribution < 1.29 is 43.2 Å². The highest BCUT2D eigenvalue weighted by Gasteiger charge is 2.53. The predicted molar refractivity (Wildman–Crippen MR) is 149 cm³/mol. The van der Waals surface area contributed by atoms with Gasteiger partial charge in [-0.05, 0) is 20.8 Å². The van der Waals surface area contributed by atoms with E-state index in [1.54, 1.807) is 49.9 Å². The fourth-order valence-corrected chi connectivity index (χ4v) is 6.37. The van der Waals surface area contributed by atoms with Gasteiger partial charge in [-0.3, -0.25) is 19.3 Å². The van der Waals surface area contributed by atoms with Gasteiger partial charge in [-0.1, -0.05) is 34.2 Å². The van der Waals surface area contributed by atoms with E-state index < -0.39 is 53.1 Å². The Morgan fingerprint density at radius 2 is 2.00 bits per heavy atom. The van der Waals surface area contributed by atoms with Crippen molar-refractivity contribution in [2.24, 2.45) is 5.16 Å². The van der Waals surface area contributed by atoms with Gasteiger partial charge in [-0.2, -0.15) is 0 Å². The number of aromatic nitrogens is 2. The minimum absolute atomic E-state index is 0.0343. The average Bonchev–Trinajstić information content (AvgIpc) is 3.28. The van der Waals surface area contributed by atoms with E-state index in [1.165, 1.54) is 11.8 Å². The summed E-state index contributed by atoms with van der Waals surface area (Å²) in [5.74, 6) is -3.60. The Kier molecular flexibility index (Phi) is 9.48. The molecule has 222 valence electrons. The number of rotatable bonds is 11. The van der Waals surface area contributed by atoms with Crippen LogP contribution < -0.4 is 20.3 Å². The van der Waals surface area contributed by atoms with Crippen molar-refractivity contribution in [2.75, 3.05) is 17.7 Å². The van der Waals surface area contributed by atoms with Gasteiger partial charge in [0.25, 0.3) is 11.8 Å². The van der Waals surface area contributed by atoms with Gasteiger partial charge in [0.15, 0.2) is 29.8 Å². The van der Waals surface area contributed by atoms with Crippen LogP contribution in [0.15, 0.2) is 47.0 Å². The monoisotopic (exact) mass is 636 g/mol. The number of hydrogen-bond acceptors (Lipinski definition) is 12. The fourth-order valence-electron chi connectivity index (χ4n) is 4.04. The maximum absolute atomic E-state index is 13.4. The van der Waals surface area contributed by atoms with Crippen LogP contribution in [0.4, 0.5) is 5.13 Å². The molecular weight excluding hydrogens is 612 g/mol. The summed E-state index contributed by atoms with van der Waals surface area (Å²) in [6, 6.07) is 4.28. The molecule has 14 nitrogen and oxygen atoms in total. The second-order valence-corrected chi connectivity index (χ2v) is 12.6. The van der Waals surface area contributed by atoms with Crippen molar-refractivity contribution in [3.8, 4) is 0 Å². The molecule has 2 N–H and O–H groups in total. The third-order valence-corrected chi connectivity index (χ3v) is 8.17. The largest absolute Gasteiger partial charge is 0.543 e. The Morgan fingerprint density at radius 1 is 1.29 bits per heavy atom. The maximum Gasteiger partial charge on any atom is 0.347 e. The summed E-state index contributed by atoms with van der Waals surface area (Å²) in [5.41, 5.74) is -1.21. The summed E-state index contributed by atoms with van der Waals surface area (Å²) in [7, 11) is 0. The number of aliphatic carboxylic acids is 1. The van der Waals surface area contributed by atoms with Crippen LogP contribution in [0.3, 0.4) is 0 Å². The standard InChI is InChI=1S/C25H25ClN6O8S2/c1-25(2,3)40-14(34)10-39-30-16(15-19(26)42-24(29-15)27-12-33)20(35)28-17-21(36)32-18(23(37)38)13(11-41-22(17)32)9-31-7-5-4-6-8-31/h4-8,12,17,22H,9-11H2,1-3H3,(H2-,27,28,29,33,35,37,38)/t17?,22-/m1/s1. The normalized spacial score (nSPS) is 18.5. The molecular formula is C25H25ClN6O8S2. The maximum atomic E-state index is 13.4. The van der Waals surface area contributed by atoms with Crippen LogP contribution in [-0.4, -0.2) is 75.1 Å². The van der Waals surface area contributed by atoms with Crippen molar-refractivity contribution >= 4 is 75.7 Å². The zero-order chi connectivity index (χ0) is 30.6. The lowest BCUT2D eigenvalue weighted by Gasteiger charge is -2.50. The molecule has 3 amide bonds. The number of thioether (sulfide) groups is 1. The van der Waals surface area contributed by atoms with E-state index in [0.29, 0.717) is 12.0 Å². The Morgan fingerprint density at radius 3 is 2.64 bits per heavy atom. The van der Waals surface area contributed by atoms with E-state index in [4.69, 9.17) is 21.2 Å². The predicted octanol–water partition coefficient (Wildman–Crippen LogP) is -0.181. The number of thiazole rings is 1. The Labute approximate surface area is 252 Å². The molecule has 0 radical (unpaired) electrons. The number of amides is 3. The smallest absolute Gasteiger partial charge is 0.347 e. The molecule has 0 bridgehead atoms. The Balaban J connectivity index is 1.54. The van der Waals surface area contributed by atoms with Gasteiger partial charge in [-0.25, -0.2) is 14.3 Å². The number of fused-ring (bicyclic) bond motifs is 1. The highest BCUT2D eigenvalue weighted by atomic mass is 35.5. The zero-order valence-electron chi connectivity index (χ0n) is 22.5. The second-order valence-electron chi connectivity index (χ2n) is 9.85. The van der Waals surface area contributed by atoms with Crippen LogP contribution >= 0.6 is 34.7 Å². The minimum Gasteiger partial charge on any atom is -0.543 e. The molecule has 2 atom stereocenters. The van der Waals surface area contributed by atoms with E-state index in [9.17, 15) is 29.1 Å². The van der Waals surface area contributed by atoms with E-state index in [1.807, 2.05) is 6.07 Å². The molecule has 17 heteroatoms. The lowest BCUT2D eigenvalue weighted by molar-refractivity contribution is -0.689. The third kappa shape index (κ3) is 7.06. The first-order chi connectivity index (χ1) is 19.9. The molecule has 1 saturated heterocycles. The SMILES string of the molecule is CC(C)(C)OC(=O)CON=C(C(=O)NC1C(=O)N2C(C(=O)[O-])=C(C[n+]3ccccc3)CS[C@H]12)c1nc(NC=O)sc1Cl. The molecule has 0 aromatic carbocycles. The molecule has 0 spiro atoms. The number of carbonyl (C=O) groups excluding carboxylic acids is 5. The van der Waals surface area contributed by atoms with E-state index in [-0.39, 0.29) is 33.2 Å². The molecule has 42 heavy (non-hydrogen) atoms. The van der Waals surface area contributed by atoms with Gasteiger partial charge >= 0.3 is 5.97 Å². The lowest BCUT2D eigenvalue weighted by atomic mass is 10.0. The molecule has 4 heterocycles. The number of pyridine rings is 1. The molecule has 2 aromatic heterocycles. The second kappa shape index (κ2) is 12.9. The molecule has 2 aliphatic rings. The lowest BCUT2D eigenvalue weighted by Crippen LogP contribution is -2.71. The van der Waals surface area contributed by atoms with E-state index >= 15 is 0 Å². The van der Waals surface area contributed by atoms with Crippen LogP contribution in [0.5, 0.6) is 0 Å². The van der Waals surface area contributed by atoms with Crippen molar-refractivity contribution in [3.05, 3.63) is 51.9 Å². The molecule has 0 aliphatic carbocycles. The number of hydrogen-bond donors (Lipinski definition) is 2. The van der Waals surface area contributed by atoms with Gasteiger partial charge in [0.1, 0.15) is 27.0 Å². The Hall–Kier alpha value is -4.02. The first-order valence-corrected chi connectivity index (χ1v) is 14.6. The summed E-state index contributed by atoms with van der Waals surface area (Å²) in [4.78, 5) is 71.7. The van der Waals surface area contributed by atoms with Crippen LogP contribution in [-0.2, 0) is 40.1 Å². The minimum atomic E-state index is -1.51. The number of carbonyl (C=O) groups is 5. The first kappa shape index (κ1) is 30.9. The van der Waals surface area contributed by atoms with Gasteiger partial charge in [0.2, 0.25) is 13.0 Å². The van der Waals surface area contributed by atoms with E-state index in [2.05, 4.69) is 20.8 Å². The van der Waals surface area contributed by atoms with Crippen molar-refractivity contribution in [2.45, 2.75) is 44.3 Å². The summed E-state index contributed by atoms with van der Waals surface area (Å²) in [6.07, 6.45) is 3.90. The summed E-state index contributed by atoms with van der Waals surface area (Å²) < 4.78 is 6.89. The van der Waals surface area contributed by atoms with Crippen LogP contribution in [0.25, 0.3) is 0 Å². The molecule has 4 rings (SSSR count). The summed E-state index contributed by atoms with van der Waals surface area (Å²) in [6.45, 7) is 4.57. The van der Waals surface area contributed by atoms with Crippen LogP contribution in [0.1, 0.15) is 26.5 Å². The van der Waals surface area contributed by atoms with E-state index in [0.717, 1.165) is 16.2 Å². The van der Waals surface area contributed by atoms with Gasteiger partial charge in [0.05, 0.1) is 11.7 Å². The van der Waals surface area contributed by atoms with Crippen molar-refractivity contribution in [1.82, 2.24) is 15.2 Å². The average molecular weight is 637 g/mol. The number of β-lactam (4-membered cyclic amide) rings is 1. The molecule has 2 aromatic rings. The number of carboxylic acids is 1. The summed E-state index contributed by atoms with van der Waals surface area (Å²) in [5, 5.41) is 20.0. The number of halogens is 1. The highest BCUT2D eigenvalue weighted by molar-refractivity contribution is 8.00. The number of carboxylic acid groups (broad SMARTS) is 1. The number of nitrogens with zero attached hydrogens (tertiary/aromatic N) is 4. The number of nitrogens with one attached hydrogen (secondary N) is 2. The fraction of sp³-hybridized carbons (Fsp3) is 0.360. The summed E-state index contributed by atoms with van der Waals surface area (Å²) >= 11 is 8.35. The van der Waals surface area contributed by atoms with Crippen LogP contribution in [0, 0.1) is 0 Å². The van der Waals surface area contributed by atoms with Crippen molar-refractivity contribution in [1.29, 1.82) is 0 Å². The Bertz CT molecular complexity index is 1470. The number of ether oxygens (including phenoxy) is 1. The first-order valence-electron chi connectivity index (χ1n) is 12.3. The van der Waals surface area contributed by atoms with Gasteiger partial charge < -0.3 is 30.1 Å².